The SMILES string of the molecule is O=C([O-])CCCC(=O)N=C1S[C@@H]2CS(=O)(=O)C[C@H]2N1c1ccc(F)cc1. The minimum absolute atomic E-state index is 0.00206. The van der Waals surface area contributed by atoms with Crippen LogP contribution in [-0.2, 0) is 19.4 Å². The molecule has 2 heterocycles. The molecule has 0 unspecified atom stereocenters. The summed E-state index contributed by atoms with van der Waals surface area (Å²) in [4.78, 5) is 28.2. The van der Waals surface area contributed by atoms with E-state index in [0.717, 1.165) is 0 Å². The van der Waals surface area contributed by atoms with E-state index in [2.05, 4.69) is 4.99 Å². The fraction of sp³-hybridized carbons (Fsp3) is 0.438. The van der Waals surface area contributed by atoms with Gasteiger partial charge >= 0.3 is 0 Å². The molecule has 2 atom stereocenters. The van der Waals surface area contributed by atoms with Crippen LogP contribution in [0, 0.1) is 5.82 Å². The molecule has 0 saturated carbocycles. The van der Waals surface area contributed by atoms with Crippen molar-refractivity contribution in [1.82, 2.24) is 0 Å². The molecule has 26 heavy (non-hydrogen) atoms. The van der Waals surface area contributed by atoms with Crippen LogP contribution in [0.1, 0.15) is 19.3 Å². The topological polar surface area (TPSA) is 107 Å². The number of hydrogen-bond acceptors (Lipinski definition) is 6. The van der Waals surface area contributed by atoms with Gasteiger partial charge < -0.3 is 14.8 Å². The number of nitrogens with zero attached hydrogens (tertiary/aromatic N) is 2. The number of amidine groups is 1. The summed E-state index contributed by atoms with van der Waals surface area (Å²) < 4.78 is 37.1. The molecule has 3 rings (SSSR count). The molecular formula is C16H16FN2O5S2-. The lowest BCUT2D eigenvalue weighted by molar-refractivity contribution is -0.305. The van der Waals surface area contributed by atoms with Crippen molar-refractivity contribution in [3.05, 3.63) is 30.1 Å². The van der Waals surface area contributed by atoms with Crippen molar-refractivity contribution in [2.45, 2.75) is 30.6 Å². The fourth-order valence-electron chi connectivity index (χ4n) is 3.01. The third-order valence-corrected chi connectivity index (χ3v) is 7.37. The van der Waals surface area contributed by atoms with E-state index in [0.29, 0.717) is 10.9 Å². The van der Waals surface area contributed by atoms with Crippen LogP contribution in [0.4, 0.5) is 10.1 Å². The summed E-state index contributed by atoms with van der Waals surface area (Å²) in [6, 6.07) is 5.18. The summed E-state index contributed by atoms with van der Waals surface area (Å²) in [5.41, 5.74) is 0.560. The predicted octanol–water partition coefficient (Wildman–Crippen LogP) is 0.347. The first kappa shape index (κ1) is 18.8. The normalized spacial score (nSPS) is 25.4. The molecule has 0 aliphatic carbocycles. The molecule has 0 bridgehead atoms. The Hall–Kier alpha value is -1.94. The molecule has 0 aromatic heterocycles. The van der Waals surface area contributed by atoms with Crippen molar-refractivity contribution < 1.29 is 27.5 Å². The van der Waals surface area contributed by atoms with Crippen molar-refractivity contribution in [1.29, 1.82) is 0 Å². The molecule has 0 radical (unpaired) electrons. The predicted molar refractivity (Wildman–Crippen MR) is 94.0 cm³/mol. The van der Waals surface area contributed by atoms with Crippen LogP contribution in [0.2, 0.25) is 0 Å². The molecule has 140 valence electrons. The highest BCUT2D eigenvalue weighted by atomic mass is 32.2. The summed E-state index contributed by atoms with van der Waals surface area (Å²) >= 11 is 1.21. The molecule has 1 amide bonds. The highest BCUT2D eigenvalue weighted by molar-refractivity contribution is 8.16. The number of benzene rings is 1. The zero-order valence-corrected chi connectivity index (χ0v) is 15.3. The Labute approximate surface area is 154 Å². The third kappa shape index (κ3) is 4.24. The third-order valence-electron chi connectivity index (χ3n) is 4.16. The highest BCUT2D eigenvalue weighted by Crippen LogP contribution is 2.41. The largest absolute Gasteiger partial charge is 0.550 e. The van der Waals surface area contributed by atoms with Crippen LogP contribution in [-0.4, -0.2) is 48.3 Å². The lowest BCUT2D eigenvalue weighted by atomic mass is 10.2. The first-order chi connectivity index (χ1) is 12.2. The molecule has 1 aromatic carbocycles. The number of fused-ring (bicyclic) bond motifs is 1. The number of anilines is 1. The average molecular weight is 399 g/mol. The van der Waals surface area contributed by atoms with Crippen LogP contribution in [0.3, 0.4) is 0 Å². The van der Waals surface area contributed by atoms with Gasteiger partial charge in [-0.1, -0.05) is 11.8 Å². The molecule has 0 N–H and O–H groups in total. The van der Waals surface area contributed by atoms with E-state index in [1.54, 1.807) is 4.90 Å². The van der Waals surface area contributed by atoms with Gasteiger partial charge in [0.1, 0.15) is 5.82 Å². The van der Waals surface area contributed by atoms with E-state index in [1.807, 2.05) is 0 Å². The Morgan fingerprint density at radius 3 is 2.58 bits per heavy atom. The standard InChI is InChI=1S/C16H17FN2O5S2/c17-10-4-6-11(7-5-10)19-12-8-26(23,24)9-13(12)25-16(19)18-14(20)2-1-3-15(21)22/h4-7,12-13H,1-3,8-9H2,(H,21,22)/p-1/t12-,13-/m1/s1. The number of carboxylic acid groups (broad SMARTS) is 1. The van der Waals surface area contributed by atoms with Gasteiger partial charge in [-0.2, -0.15) is 4.99 Å². The lowest BCUT2D eigenvalue weighted by Gasteiger charge is -2.24. The van der Waals surface area contributed by atoms with Crippen molar-refractivity contribution in [3.63, 3.8) is 0 Å². The molecule has 10 heteroatoms. The van der Waals surface area contributed by atoms with Crippen LogP contribution < -0.4 is 10.0 Å². The van der Waals surface area contributed by atoms with Crippen molar-refractivity contribution in [2.24, 2.45) is 4.99 Å². The maximum atomic E-state index is 13.2. The molecule has 2 aliphatic heterocycles. The summed E-state index contributed by atoms with van der Waals surface area (Å²) in [5.74, 6) is -2.19. The monoisotopic (exact) mass is 399 g/mol. The summed E-state index contributed by atoms with van der Waals surface area (Å²) in [5, 5.41) is 10.5. The maximum absolute atomic E-state index is 13.2. The van der Waals surface area contributed by atoms with Crippen molar-refractivity contribution in [3.8, 4) is 0 Å². The van der Waals surface area contributed by atoms with Crippen LogP contribution in [0.25, 0.3) is 0 Å². The average Bonchev–Trinajstić information content (AvgIpc) is 2.99. The molecule has 1 aromatic rings. The van der Waals surface area contributed by atoms with Gasteiger partial charge in [-0.25, -0.2) is 12.8 Å². The Balaban J connectivity index is 1.84. The Morgan fingerprint density at radius 2 is 1.92 bits per heavy atom. The number of hydrogen-bond donors (Lipinski definition) is 0. The van der Waals surface area contributed by atoms with Gasteiger partial charge in [-0.3, -0.25) is 4.79 Å². The molecule has 0 spiro atoms. The number of carbonyl (C=O) groups excluding carboxylic acids is 2. The first-order valence-electron chi connectivity index (χ1n) is 7.98. The number of carbonyl (C=O) groups is 2. The molecule has 2 fully saturated rings. The molecular weight excluding hydrogens is 383 g/mol. The minimum atomic E-state index is -3.18. The number of thioether (sulfide) groups is 1. The summed E-state index contributed by atoms with van der Waals surface area (Å²) in [7, 11) is -3.18. The number of amides is 1. The second-order valence-electron chi connectivity index (χ2n) is 6.16. The van der Waals surface area contributed by atoms with Gasteiger partial charge in [-0.05, 0) is 37.1 Å². The second kappa shape index (κ2) is 7.36. The Kier molecular flexibility index (Phi) is 5.33. The minimum Gasteiger partial charge on any atom is -0.550 e. The van der Waals surface area contributed by atoms with Crippen LogP contribution in [0.5, 0.6) is 0 Å². The van der Waals surface area contributed by atoms with Gasteiger partial charge in [0.15, 0.2) is 15.0 Å². The second-order valence-corrected chi connectivity index (χ2v) is 9.52. The van der Waals surface area contributed by atoms with Crippen molar-refractivity contribution in [2.75, 3.05) is 16.4 Å². The van der Waals surface area contributed by atoms with E-state index in [9.17, 15) is 27.5 Å². The molecule has 2 aliphatic rings. The maximum Gasteiger partial charge on any atom is 0.248 e. The summed E-state index contributed by atoms with van der Waals surface area (Å²) in [6.07, 6.45) is -0.141. The van der Waals surface area contributed by atoms with E-state index in [-0.39, 0.29) is 42.1 Å². The number of rotatable bonds is 5. The van der Waals surface area contributed by atoms with Gasteiger partial charge in [0.25, 0.3) is 0 Å². The lowest BCUT2D eigenvalue weighted by Crippen LogP contribution is -2.37. The zero-order chi connectivity index (χ0) is 18.9. The fourth-order valence-corrected chi connectivity index (χ4v) is 6.95. The molecule has 7 nitrogen and oxygen atoms in total. The number of halogens is 1. The smallest absolute Gasteiger partial charge is 0.248 e. The Bertz CT molecular complexity index is 854. The number of aliphatic carboxylic acids is 1. The summed E-state index contributed by atoms with van der Waals surface area (Å²) in [6.45, 7) is 0. The number of sulfone groups is 1. The Morgan fingerprint density at radius 1 is 1.23 bits per heavy atom. The zero-order valence-electron chi connectivity index (χ0n) is 13.6. The molecule has 2 saturated heterocycles. The highest BCUT2D eigenvalue weighted by Gasteiger charge is 2.49. The quantitative estimate of drug-likeness (QED) is 0.703. The van der Waals surface area contributed by atoms with Crippen LogP contribution in [0.15, 0.2) is 29.3 Å². The van der Waals surface area contributed by atoms with Crippen molar-refractivity contribution >= 4 is 44.3 Å². The van der Waals surface area contributed by atoms with E-state index in [4.69, 9.17) is 0 Å². The van der Waals surface area contributed by atoms with Gasteiger partial charge in [0, 0.05) is 23.3 Å². The van der Waals surface area contributed by atoms with Crippen LogP contribution >= 0.6 is 11.8 Å². The number of carboxylic acids is 1. The van der Waals surface area contributed by atoms with E-state index < -0.39 is 27.5 Å². The first-order valence-corrected chi connectivity index (χ1v) is 10.7. The van der Waals surface area contributed by atoms with Gasteiger partial charge in [0.05, 0.1) is 17.5 Å². The van der Waals surface area contributed by atoms with Gasteiger partial charge in [-0.15, -0.1) is 0 Å². The van der Waals surface area contributed by atoms with E-state index in [1.165, 1.54) is 36.0 Å². The number of aliphatic imine (C=N–C) groups is 1. The van der Waals surface area contributed by atoms with Gasteiger partial charge in [0.2, 0.25) is 5.91 Å². The van der Waals surface area contributed by atoms with E-state index >= 15 is 0 Å².